The van der Waals surface area contributed by atoms with Crippen molar-refractivity contribution in [1.82, 2.24) is 9.97 Å². The maximum absolute atomic E-state index is 11.1. The zero-order chi connectivity index (χ0) is 13.1. The summed E-state index contributed by atoms with van der Waals surface area (Å²) < 4.78 is 0. The van der Waals surface area contributed by atoms with Crippen LogP contribution in [0.4, 0.5) is 0 Å². The summed E-state index contributed by atoms with van der Waals surface area (Å²) in [4.78, 5) is 20.3. The molecular formula is C12H14N2O2S2. The van der Waals surface area contributed by atoms with E-state index in [4.69, 9.17) is 5.11 Å². The average Bonchev–Trinajstić information content (AvgIpc) is 2.87. The number of aromatic nitrogens is 2. The highest BCUT2D eigenvalue weighted by molar-refractivity contribution is 7.13. The maximum Gasteiger partial charge on any atom is 0.347 e. The molecule has 0 aliphatic heterocycles. The monoisotopic (exact) mass is 282 g/mol. The van der Waals surface area contributed by atoms with E-state index in [9.17, 15) is 4.79 Å². The van der Waals surface area contributed by atoms with Gasteiger partial charge in [-0.15, -0.1) is 22.7 Å². The van der Waals surface area contributed by atoms with Gasteiger partial charge in [-0.25, -0.2) is 14.8 Å². The van der Waals surface area contributed by atoms with Crippen LogP contribution in [0, 0.1) is 6.92 Å². The SMILES string of the molecule is CCCc1nc(Cc2csc(C)n2)sc1C(=O)O. The van der Waals surface area contributed by atoms with E-state index in [0.717, 1.165) is 22.1 Å². The van der Waals surface area contributed by atoms with Gasteiger partial charge in [0, 0.05) is 11.8 Å². The van der Waals surface area contributed by atoms with Crippen LogP contribution in [0.3, 0.4) is 0 Å². The number of hydrogen-bond acceptors (Lipinski definition) is 5. The molecule has 0 unspecified atom stereocenters. The highest BCUT2D eigenvalue weighted by atomic mass is 32.1. The Morgan fingerprint density at radius 1 is 1.44 bits per heavy atom. The normalized spacial score (nSPS) is 10.8. The molecule has 0 fully saturated rings. The van der Waals surface area contributed by atoms with E-state index < -0.39 is 5.97 Å². The van der Waals surface area contributed by atoms with Crippen LogP contribution in [0.15, 0.2) is 5.38 Å². The zero-order valence-electron chi connectivity index (χ0n) is 10.3. The Morgan fingerprint density at radius 2 is 2.22 bits per heavy atom. The lowest BCUT2D eigenvalue weighted by Crippen LogP contribution is -1.98. The standard InChI is InChI=1S/C12H14N2O2S2/c1-3-4-9-11(12(15)16)18-10(14-9)5-8-6-17-7(2)13-8/h6H,3-5H2,1-2H3,(H,15,16). The highest BCUT2D eigenvalue weighted by Crippen LogP contribution is 2.23. The second kappa shape index (κ2) is 5.58. The first-order valence-electron chi connectivity index (χ1n) is 5.73. The van der Waals surface area contributed by atoms with E-state index in [-0.39, 0.29) is 0 Å². The first-order valence-corrected chi connectivity index (χ1v) is 7.42. The van der Waals surface area contributed by atoms with Gasteiger partial charge in [-0.05, 0) is 13.3 Å². The van der Waals surface area contributed by atoms with Crippen molar-refractivity contribution < 1.29 is 9.90 Å². The van der Waals surface area contributed by atoms with E-state index in [1.165, 1.54) is 11.3 Å². The zero-order valence-corrected chi connectivity index (χ0v) is 11.9. The van der Waals surface area contributed by atoms with Crippen LogP contribution in [0.2, 0.25) is 0 Å². The number of aryl methyl sites for hydroxylation is 2. The van der Waals surface area contributed by atoms with E-state index in [2.05, 4.69) is 9.97 Å². The molecule has 18 heavy (non-hydrogen) atoms. The van der Waals surface area contributed by atoms with Crippen LogP contribution in [-0.2, 0) is 12.8 Å². The molecule has 0 atom stereocenters. The van der Waals surface area contributed by atoms with Crippen LogP contribution >= 0.6 is 22.7 Å². The topological polar surface area (TPSA) is 63.1 Å². The molecule has 2 rings (SSSR count). The predicted molar refractivity (Wildman–Crippen MR) is 72.7 cm³/mol. The van der Waals surface area contributed by atoms with E-state index >= 15 is 0 Å². The number of carboxylic acid groups (broad SMARTS) is 1. The third-order valence-corrected chi connectivity index (χ3v) is 4.33. The molecule has 4 nitrogen and oxygen atoms in total. The average molecular weight is 282 g/mol. The molecule has 0 aliphatic rings. The summed E-state index contributed by atoms with van der Waals surface area (Å²) in [6, 6.07) is 0. The van der Waals surface area contributed by atoms with Crippen LogP contribution in [0.25, 0.3) is 0 Å². The Bertz CT molecular complexity index is 560. The Hall–Kier alpha value is -1.27. The highest BCUT2D eigenvalue weighted by Gasteiger charge is 2.17. The van der Waals surface area contributed by atoms with Gasteiger partial charge in [-0.3, -0.25) is 0 Å². The summed E-state index contributed by atoms with van der Waals surface area (Å²) in [7, 11) is 0. The Morgan fingerprint density at radius 3 is 2.78 bits per heavy atom. The molecule has 1 N–H and O–H groups in total. The van der Waals surface area contributed by atoms with E-state index in [0.29, 0.717) is 23.4 Å². The number of aromatic carboxylic acids is 1. The van der Waals surface area contributed by atoms with Crippen molar-refractivity contribution in [2.24, 2.45) is 0 Å². The molecular weight excluding hydrogens is 268 g/mol. The fourth-order valence-electron chi connectivity index (χ4n) is 1.69. The summed E-state index contributed by atoms with van der Waals surface area (Å²) in [6.45, 7) is 3.98. The fourth-order valence-corrected chi connectivity index (χ4v) is 3.27. The first-order chi connectivity index (χ1) is 8.60. The number of rotatable bonds is 5. The third kappa shape index (κ3) is 2.94. The van der Waals surface area contributed by atoms with E-state index in [1.807, 2.05) is 19.2 Å². The minimum Gasteiger partial charge on any atom is -0.477 e. The summed E-state index contributed by atoms with van der Waals surface area (Å²) in [5, 5.41) is 13.0. The first kappa shape index (κ1) is 13.2. The lowest BCUT2D eigenvalue weighted by molar-refractivity contribution is 0.0700. The molecule has 2 aromatic rings. The summed E-state index contributed by atoms with van der Waals surface area (Å²) in [5.74, 6) is -0.878. The summed E-state index contributed by atoms with van der Waals surface area (Å²) in [5.41, 5.74) is 1.67. The Balaban J connectivity index is 2.23. The van der Waals surface area contributed by atoms with Gasteiger partial charge < -0.3 is 5.11 Å². The van der Waals surface area contributed by atoms with E-state index in [1.54, 1.807) is 11.3 Å². The van der Waals surface area contributed by atoms with Crippen molar-refractivity contribution >= 4 is 28.6 Å². The van der Waals surface area contributed by atoms with Gasteiger partial charge >= 0.3 is 5.97 Å². The Kier molecular flexibility index (Phi) is 4.08. The largest absolute Gasteiger partial charge is 0.477 e. The van der Waals surface area contributed by atoms with Gasteiger partial charge in [0.25, 0.3) is 0 Å². The number of carboxylic acids is 1. The quantitative estimate of drug-likeness (QED) is 0.915. The van der Waals surface area contributed by atoms with Gasteiger partial charge in [-0.2, -0.15) is 0 Å². The van der Waals surface area contributed by atoms with Gasteiger partial charge in [0.15, 0.2) is 0 Å². The molecule has 0 bridgehead atoms. The molecule has 0 amide bonds. The summed E-state index contributed by atoms with van der Waals surface area (Å²) in [6.07, 6.45) is 2.24. The molecule has 2 aromatic heterocycles. The van der Waals surface area contributed by atoms with Crippen molar-refractivity contribution in [1.29, 1.82) is 0 Å². The molecule has 2 heterocycles. The number of thiazole rings is 2. The predicted octanol–water partition coefficient (Wildman–Crippen LogP) is 3.15. The minimum atomic E-state index is -0.878. The van der Waals surface area contributed by atoms with Crippen molar-refractivity contribution in [2.75, 3.05) is 0 Å². The van der Waals surface area contributed by atoms with Crippen LogP contribution in [-0.4, -0.2) is 21.0 Å². The molecule has 6 heteroatoms. The molecule has 96 valence electrons. The van der Waals surface area contributed by atoms with Crippen LogP contribution in [0.1, 0.15) is 44.4 Å². The van der Waals surface area contributed by atoms with Crippen LogP contribution in [0.5, 0.6) is 0 Å². The van der Waals surface area contributed by atoms with Crippen molar-refractivity contribution in [3.63, 3.8) is 0 Å². The van der Waals surface area contributed by atoms with Crippen molar-refractivity contribution in [3.8, 4) is 0 Å². The number of hydrogen-bond donors (Lipinski definition) is 1. The molecule has 0 saturated carbocycles. The lowest BCUT2D eigenvalue weighted by atomic mass is 10.2. The molecule has 0 saturated heterocycles. The third-order valence-electron chi connectivity index (χ3n) is 2.42. The lowest BCUT2D eigenvalue weighted by Gasteiger charge is -1.93. The molecule has 0 aromatic carbocycles. The smallest absolute Gasteiger partial charge is 0.347 e. The molecule has 0 spiro atoms. The van der Waals surface area contributed by atoms with Gasteiger partial charge in [0.1, 0.15) is 4.88 Å². The molecule has 0 radical (unpaired) electrons. The second-order valence-corrected chi connectivity index (χ2v) is 6.12. The van der Waals surface area contributed by atoms with Crippen molar-refractivity contribution in [3.05, 3.63) is 31.7 Å². The summed E-state index contributed by atoms with van der Waals surface area (Å²) >= 11 is 2.87. The Labute approximate surface area is 113 Å². The fraction of sp³-hybridized carbons (Fsp3) is 0.417. The van der Waals surface area contributed by atoms with Gasteiger partial charge in [-0.1, -0.05) is 13.3 Å². The van der Waals surface area contributed by atoms with Crippen molar-refractivity contribution in [2.45, 2.75) is 33.1 Å². The molecule has 0 aliphatic carbocycles. The second-order valence-electron chi connectivity index (χ2n) is 3.97. The maximum atomic E-state index is 11.1. The number of nitrogens with zero attached hydrogens (tertiary/aromatic N) is 2. The number of carbonyl (C=O) groups is 1. The van der Waals surface area contributed by atoms with Gasteiger partial charge in [0.2, 0.25) is 0 Å². The minimum absolute atomic E-state index is 0.374. The van der Waals surface area contributed by atoms with Crippen LogP contribution < -0.4 is 0 Å². The van der Waals surface area contributed by atoms with Gasteiger partial charge in [0.05, 0.1) is 21.4 Å².